The summed E-state index contributed by atoms with van der Waals surface area (Å²) in [7, 11) is 1.78. The number of urea groups is 1. The normalized spacial score (nSPS) is 19.3. The summed E-state index contributed by atoms with van der Waals surface area (Å²) < 4.78 is 27.2. The molecule has 8 heteroatoms. The smallest absolute Gasteiger partial charge is 0.320 e. The monoisotopic (exact) mass is 388 g/mol. The molecule has 1 aliphatic carbocycles. The van der Waals surface area contributed by atoms with E-state index in [1.54, 1.807) is 29.9 Å². The summed E-state index contributed by atoms with van der Waals surface area (Å²) in [5.74, 6) is 0.661. The number of benzene rings is 1. The van der Waals surface area contributed by atoms with E-state index >= 15 is 0 Å². The maximum absolute atomic E-state index is 14.5. The third kappa shape index (κ3) is 4.44. The summed E-state index contributed by atoms with van der Waals surface area (Å²) in [4.78, 5) is 12.3. The summed E-state index contributed by atoms with van der Waals surface area (Å²) in [6.45, 7) is 1.52. The highest BCUT2D eigenvalue weighted by Crippen LogP contribution is 2.30. The first-order valence-electron chi connectivity index (χ1n) is 9.70. The lowest BCUT2D eigenvalue weighted by molar-refractivity contribution is 0.0791. The average Bonchev–Trinajstić information content (AvgIpc) is 3.45. The second-order valence-corrected chi connectivity index (χ2v) is 7.35. The van der Waals surface area contributed by atoms with Crippen LogP contribution < -0.4 is 15.4 Å². The molecule has 2 N–H and O–H groups in total. The number of nitrogens with one attached hydrogen (secondary N) is 2. The van der Waals surface area contributed by atoms with Gasteiger partial charge in [-0.25, -0.2) is 9.18 Å². The Bertz CT molecular complexity index is 844. The molecule has 150 valence electrons. The summed E-state index contributed by atoms with van der Waals surface area (Å²) in [5.41, 5.74) is 1.30. The van der Waals surface area contributed by atoms with E-state index < -0.39 is 11.8 Å². The Hall–Kier alpha value is -2.61. The van der Waals surface area contributed by atoms with Gasteiger partial charge in [0.2, 0.25) is 0 Å². The number of amides is 2. The molecule has 0 bridgehead atoms. The molecule has 1 aromatic heterocycles. The maximum atomic E-state index is 14.5. The van der Waals surface area contributed by atoms with E-state index in [9.17, 15) is 9.18 Å². The second-order valence-electron chi connectivity index (χ2n) is 7.35. The Balaban J connectivity index is 1.34. The number of aryl methyl sites for hydroxylation is 1. The Morgan fingerprint density at radius 3 is 3.00 bits per heavy atom. The van der Waals surface area contributed by atoms with Crippen LogP contribution in [0.15, 0.2) is 24.3 Å². The molecule has 1 aliphatic heterocycles. The van der Waals surface area contributed by atoms with Gasteiger partial charge in [0.15, 0.2) is 11.6 Å². The van der Waals surface area contributed by atoms with E-state index in [2.05, 4.69) is 15.7 Å². The average molecular weight is 388 g/mol. The van der Waals surface area contributed by atoms with Crippen molar-refractivity contribution in [3.63, 3.8) is 0 Å². The van der Waals surface area contributed by atoms with Gasteiger partial charge < -0.3 is 14.8 Å². The van der Waals surface area contributed by atoms with Crippen LogP contribution in [0.3, 0.4) is 0 Å². The summed E-state index contributed by atoms with van der Waals surface area (Å²) in [6.07, 6.45) is 4.09. The van der Waals surface area contributed by atoms with Crippen LogP contribution in [0.25, 0.3) is 0 Å². The quantitative estimate of drug-likeness (QED) is 0.796. The topological polar surface area (TPSA) is 77.4 Å². The van der Waals surface area contributed by atoms with Crippen molar-refractivity contribution in [1.29, 1.82) is 0 Å². The molecule has 2 fully saturated rings. The predicted molar refractivity (Wildman–Crippen MR) is 102 cm³/mol. The highest BCUT2D eigenvalue weighted by atomic mass is 19.1. The third-order valence-electron chi connectivity index (χ3n) is 5.02. The fourth-order valence-electron chi connectivity index (χ4n) is 3.27. The van der Waals surface area contributed by atoms with Gasteiger partial charge in [0, 0.05) is 37.7 Å². The van der Waals surface area contributed by atoms with E-state index in [1.807, 2.05) is 6.07 Å². The Morgan fingerprint density at radius 2 is 2.25 bits per heavy atom. The molecule has 2 amide bonds. The molecular weight excluding hydrogens is 363 g/mol. The van der Waals surface area contributed by atoms with Crippen molar-refractivity contribution >= 4 is 11.8 Å². The Morgan fingerprint density at radius 1 is 1.39 bits per heavy atom. The van der Waals surface area contributed by atoms with Gasteiger partial charge in [-0.3, -0.25) is 10.00 Å². The third-order valence-corrected chi connectivity index (χ3v) is 5.02. The first kappa shape index (κ1) is 18.7. The molecule has 1 atom stereocenters. The van der Waals surface area contributed by atoms with E-state index in [-0.39, 0.29) is 24.3 Å². The van der Waals surface area contributed by atoms with Gasteiger partial charge in [-0.1, -0.05) is 12.1 Å². The van der Waals surface area contributed by atoms with Gasteiger partial charge in [0.1, 0.15) is 5.82 Å². The summed E-state index contributed by atoms with van der Waals surface area (Å²) in [5, 5.41) is 9.94. The second kappa shape index (κ2) is 8.18. The van der Waals surface area contributed by atoms with Crippen molar-refractivity contribution in [2.45, 2.75) is 44.2 Å². The highest BCUT2D eigenvalue weighted by molar-refractivity contribution is 5.88. The largest absolute Gasteiger partial charge is 0.487 e. The Kier molecular flexibility index (Phi) is 5.47. The van der Waals surface area contributed by atoms with Crippen LogP contribution >= 0.6 is 0 Å². The molecule has 2 aliphatic rings. The van der Waals surface area contributed by atoms with Crippen LogP contribution in [-0.2, 0) is 18.3 Å². The first-order valence-corrected chi connectivity index (χ1v) is 9.70. The molecule has 0 radical (unpaired) electrons. The minimum atomic E-state index is -0.421. The van der Waals surface area contributed by atoms with Gasteiger partial charge in [-0.15, -0.1) is 0 Å². The first-order chi connectivity index (χ1) is 13.6. The van der Waals surface area contributed by atoms with E-state index in [0.717, 1.165) is 38.0 Å². The number of halogens is 1. The number of carbonyl (C=O) groups is 1. The Labute approximate surface area is 163 Å². The zero-order chi connectivity index (χ0) is 19.5. The lowest BCUT2D eigenvalue weighted by Gasteiger charge is -2.19. The number of nitrogens with zero attached hydrogens (tertiary/aromatic N) is 2. The molecule has 0 spiro atoms. The molecular formula is C20H25FN4O3. The molecule has 1 saturated carbocycles. The van der Waals surface area contributed by atoms with Gasteiger partial charge in [-0.05, 0) is 31.7 Å². The van der Waals surface area contributed by atoms with Crippen molar-refractivity contribution in [2.75, 3.05) is 18.5 Å². The zero-order valence-corrected chi connectivity index (χ0v) is 15.9. The SMILES string of the molecule is Cn1nc(C2CCCOC2)cc1NC(=O)NCc1cccc(OC2CC2)c1F. The number of rotatable bonds is 6. The van der Waals surface area contributed by atoms with Crippen molar-refractivity contribution < 1.29 is 18.7 Å². The van der Waals surface area contributed by atoms with Gasteiger partial charge in [0.25, 0.3) is 0 Å². The standard InChI is InChI=1S/C20H25FN4O3/c1-25-18(10-16(24-25)14-5-3-9-27-12-14)23-20(26)22-11-13-4-2-6-17(19(13)21)28-15-7-8-15/h2,4,6,10,14-15H,3,5,7-9,11-12H2,1H3,(H2,22,23,26). The van der Waals surface area contributed by atoms with Crippen molar-refractivity contribution in [3.8, 4) is 5.75 Å². The van der Waals surface area contributed by atoms with Crippen molar-refractivity contribution in [3.05, 3.63) is 41.3 Å². The van der Waals surface area contributed by atoms with Gasteiger partial charge in [-0.2, -0.15) is 5.10 Å². The van der Waals surface area contributed by atoms with Crippen LogP contribution in [0, 0.1) is 5.82 Å². The molecule has 1 aromatic carbocycles. The van der Waals surface area contributed by atoms with E-state index in [1.165, 1.54) is 0 Å². The molecule has 28 heavy (non-hydrogen) atoms. The number of aromatic nitrogens is 2. The van der Waals surface area contributed by atoms with Crippen molar-refractivity contribution in [1.82, 2.24) is 15.1 Å². The van der Waals surface area contributed by atoms with Crippen LogP contribution in [-0.4, -0.2) is 35.1 Å². The molecule has 2 heterocycles. The number of anilines is 1. The summed E-state index contributed by atoms with van der Waals surface area (Å²) in [6, 6.07) is 6.44. The lowest BCUT2D eigenvalue weighted by atomic mass is 9.99. The summed E-state index contributed by atoms with van der Waals surface area (Å²) >= 11 is 0. The minimum absolute atomic E-state index is 0.0701. The number of hydrogen-bond acceptors (Lipinski definition) is 4. The molecule has 1 saturated heterocycles. The number of carbonyl (C=O) groups excluding carboxylic acids is 1. The minimum Gasteiger partial charge on any atom is -0.487 e. The lowest BCUT2D eigenvalue weighted by Crippen LogP contribution is -2.29. The number of ether oxygens (including phenoxy) is 2. The fourth-order valence-corrected chi connectivity index (χ4v) is 3.27. The molecule has 1 unspecified atom stereocenters. The van der Waals surface area contributed by atoms with Crippen LogP contribution in [0.5, 0.6) is 5.75 Å². The molecule has 7 nitrogen and oxygen atoms in total. The molecule has 4 rings (SSSR count). The van der Waals surface area contributed by atoms with E-state index in [4.69, 9.17) is 9.47 Å². The zero-order valence-electron chi connectivity index (χ0n) is 15.9. The van der Waals surface area contributed by atoms with Crippen LogP contribution in [0.1, 0.15) is 42.9 Å². The van der Waals surface area contributed by atoms with Gasteiger partial charge in [0.05, 0.1) is 18.4 Å². The van der Waals surface area contributed by atoms with E-state index in [0.29, 0.717) is 18.0 Å². The maximum Gasteiger partial charge on any atom is 0.320 e. The van der Waals surface area contributed by atoms with Crippen LogP contribution in [0.4, 0.5) is 15.0 Å². The van der Waals surface area contributed by atoms with Crippen molar-refractivity contribution in [2.24, 2.45) is 7.05 Å². The highest BCUT2D eigenvalue weighted by Gasteiger charge is 2.25. The fraction of sp³-hybridized carbons (Fsp3) is 0.500. The predicted octanol–water partition coefficient (Wildman–Crippen LogP) is 3.32. The van der Waals surface area contributed by atoms with Gasteiger partial charge >= 0.3 is 6.03 Å². The van der Waals surface area contributed by atoms with Crippen LogP contribution in [0.2, 0.25) is 0 Å². The number of hydrogen-bond donors (Lipinski definition) is 2. The molecule has 2 aromatic rings.